The molecule has 2 N–H and O–H groups in total. The predicted molar refractivity (Wildman–Crippen MR) is 139 cm³/mol. The summed E-state index contributed by atoms with van der Waals surface area (Å²) in [5, 5.41) is 8.08. The van der Waals surface area contributed by atoms with Gasteiger partial charge < -0.3 is 15.5 Å². The Morgan fingerprint density at radius 2 is 1.54 bits per heavy atom. The van der Waals surface area contributed by atoms with Gasteiger partial charge in [0.2, 0.25) is 17.7 Å². The Bertz CT molecular complexity index is 1180. The van der Waals surface area contributed by atoms with E-state index < -0.39 is 6.04 Å². The van der Waals surface area contributed by atoms with Crippen molar-refractivity contribution >= 4 is 34.2 Å². The molecule has 0 bridgehead atoms. The molecule has 0 aromatic heterocycles. The number of hydrogen-bond acceptors (Lipinski definition) is 3. The molecular formula is C29H33N3O3. The van der Waals surface area contributed by atoms with Crippen LogP contribution in [0.4, 0.5) is 5.69 Å². The van der Waals surface area contributed by atoms with Crippen LogP contribution in [0, 0.1) is 11.8 Å². The lowest BCUT2D eigenvalue weighted by Crippen LogP contribution is -2.53. The minimum atomic E-state index is -0.591. The second-order valence-corrected chi connectivity index (χ2v) is 9.56. The molecule has 0 radical (unpaired) electrons. The first-order valence-electron chi connectivity index (χ1n) is 12.3. The summed E-state index contributed by atoms with van der Waals surface area (Å²) in [7, 11) is 0. The van der Waals surface area contributed by atoms with Gasteiger partial charge in [0.05, 0.1) is 6.42 Å². The van der Waals surface area contributed by atoms with Gasteiger partial charge in [-0.15, -0.1) is 0 Å². The van der Waals surface area contributed by atoms with Gasteiger partial charge in [0, 0.05) is 24.7 Å². The minimum Gasteiger partial charge on any atom is -0.344 e. The van der Waals surface area contributed by atoms with Crippen LogP contribution in [0.15, 0.2) is 72.8 Å². The molecule has 1 aliphatic heterocycles. The van der Waals surface area contributed by atoms with Gasteiger partial charge in [0.1, 0.15) is 6.04 Å². The van der Waals surface area contributed by atoms with E-state index in [0.29, 0.717) is 25.9 Å². The summed E-state index contributed by atoms with van der Waals surface area (Å²) in [6, 6.07) is 22.8. The fraction of sp³-hybridized carbons (Fsp3) is 0.345. The van der Waals surface area contributed by atoms with Crippen molar-refractivity contribution in [2.75, 3.05) is 18.4 Å². The summed E-state index contributed by atoms with van der Waals surface area (Å²) in [5.41, 5.74) is 1.73. The van der Waals surface area contributed by atoms with Gasteiger partial charge >= 0.3 is 0 Å². The van der Waals surface area contributed by atoms with E-state index in [4.69, 9.17) is 0 Å². The first-order valence-corrected chi connectivity index (χ1v) is 12.3. The number of carbonyl (C=O) groups is 3. The Morgan fingerprint density at radius 3 is 2.26 bits per heavy atom. The summed E-state index contributed by atoms with van der Waals surface area (Å²) in [6.07, 6.45) is 1.44. The largest absolute Gasteiger partial charge is 0.344 e. The Hall–Kier alpha value is -3.67. The molecule has 0 saturated carbocycles. The number of amides is 3. The van der Waals surface area contributed by atoms with Crippen LogP contribution in [-0.4, -0.2) is 41.8 Å². The summed E-state index contributed by atoms with van der Waals surface area (Å²) in [5.74, 6) is -0.415. The number of carbonyl (C=O) groups excluding carboxylic acids is 3. The van der Waals surface area contributed by atoms with Crippen LogP contribution in [0.1, 0.15) is 32.3 Å². The summed E-state index contributed by atoms with van der Waals surface area (Å²) < 4.78 is 0. The molecule has 6 nitrogen and oxygen atoms in total. The Kier molecular flexibility index (Phi) is 7.80. The molecule has 35 heavy (non-hydrogen) atoms. The zero-order valence-corrected chi connectivity index (χ0v) is 20.4. The van der Waals surface area contributed by atoms with Crippen LogP contribution in [0.2, 0.25) is 0 Å². The van der Waals surface area contributed by atoms with Crippen LogP contribution in [0.5, 0.6) is 0 Å². The van der Waals surface area contributed by atoms with Gasteiger partial charge in [0.15, 0.2) is 0 Å². The maximum absolute atomic E-state index is 13.3. The molecule has 1 saturated heterocycles. The number of fused-ring (bicyclic) bond motifs is 1. The SMILES string of the molecule is CC(C)[C@@H](NC(=O)Cc1cccc2ccccc12)C(=O)N1CCC(C(=O)Nc2ccccc2)CC1. The standard InChI is InChI=1S/C29H33N3O3/c1-20(2)27(31-26(33)19-23-11-8-10-21-9-6-7-14-25(21)23)29(35)32-17-15-22(16-18-32)28(34)30-24-12-4-3-5-13-24/h3-14,20,22,27H,15-19H2,1-2H3,(H,30,34)(H,31,33)/t27-/m1/s1. The van der Waals surface area contributed by atoms with E-state index >= 15 is 0 Å². The molecule has 4 rings (SSSR count). The van der Waals surface area contributed by atoms with Gasteiger partial charge in [-0.05, 0) is 47.2 Å². The molecule has 182 valence electrons. The third-order valence-electron chi connectivity index (χ3n) is 6.70. The number of anilines is 1. The topological polar surface area (TPSA) is 78.5 Å². The zero-order chi connectivity index (χ0) is 24.8. The number of nitrogens with zero attached hydrogens (tertiary/aromatic N) is 1. The van der Waals surface area contributed by atoms with Crippen molar-refractivity contribution < 1.29 is 14.4 Å². The average Bonchev–Trinajstić information content (AvgIpc) is 2.87. The van der Waals surface area contributed by atoms with Crippen LogP contribution in [0.3, 0.4) is 0 Å². The first kappa shape index (κ1) is 24.5. The zero-order valence-electron chi connectivity index (χ0n) is 20.4. The van der Waals surface area contributed by atoms with Crippen molar-refractivity contribution in [1.82, 2.24) is 10.2 Å². The first-order chi connectivity index (χ1) is 16.9. The van der Waals surface area contributed by atoms with Crippen molar-refractivity contribution in [3.8, 4) is 0 Å². The fourth-order valence-electron chi connectivity index (χ4n) is 4.68. The number of likely N-dealkylation sites (tertiary alicyclic amines) is 1. The number of piperidine rings is 1. The molecule has 1 atom stereocenters. The molecule has 1 fully saturated rings. The Labute approximate surface area is 206 Å². The summed E-state index contributed by atoms with van der Waals surface area (Å²) in [4.78, 5) is 40.7. The van der Waals surface area contributed by atoms with Gasteiger partial charge in [-0.25, -0.2) is 0 Å². The molecule has 1 heterocycles. The number of hydrogen-bond donors (Lipinski definition) is 2. The highest BCUT2D eigenvalue weighted by Gasteiger charge is 2.33. The van der Waals surface area contributed by atoms with Crippen molar-refractivity contribution in [3.05, 3.63) is 78.4 Å². The molecule has 3 aromatic carbocycles. The minimum absolute atomic E-state index is 0.00732. The Morgan fingerprint density at radius 1 is 0.886 bits per heavy atom. The van der Waals surface area contributed by atoms with Gasteiger partial charge in [-0.2, -0.15) is 0 Å². The summed E-state index contributed by atoms with van der Waals surface area (Å²) >= 11 is 0. The lowest BCUT2D eigenvalue weighted by molar-refractivity contribution is -0.139. The van der Waals surface area contributed by atoms with Crippen molar-refractivity contribution in [3.63, 3.8) is 0 Å². The van der Waals surface area contributed by atoms with Crippen LogP contribution in [0.25, 0.3) is 10.8 Å². The van der Waals surface area contributed by atoms with E-state index in [1.165, 1.54) is 0 Å². The maximum atomic E-state index is 13.3. The third kappa shape index (κ3) is 6.07. The van der Waals surface area contributed by atoms with Gasteiger partial charge in [0.25, 0.3) is 0 Å². The predicted octanol–water partition coefficient (Wildman–Crippen LogP) is 4.40. The van der Waals surface area contributed by atoms with E-state index in [1.54, 1.807) is 4.90 Å². The van der Waals surface area contributed by atoms with Crippen LogP contribution in [-0.2, 0) is 20.8 Å². The highest BCUT2D eigenvalue weighted by atomic mass is 16.2. The quantitative estimate of drug-likeness (QED) is 0.536. The molecule has 3 amide bonds. The maximum Gasteiger partial charge on any atom is 0.245 e. The normalized spacial score (nSPS) is 15.1. The van der Waals surface area contributed by atoms with E-state index in [-0.39, 0.29) is 36.0 Å². The number of nitrogens with one attached hydrogen (secondary N) is 2. The Balaban J connectivity index is 1.34. The monoisotopic (exact) mass is 471 g/mol. The van der Waals surface area contributed by atoms with Crippen LogP contribution < -0.4 is 10.6 Å². The lowest BCUT2D eigenvalue weighted by atomic mass is 9.94. The molecule has 0 aliphatic carbocycles. The van der Waals surface area contributed by atoms with E-state index in [1.807, 2.05) is 86.6 Å². The van der Waals surface area contributed by atoms with Crippen molar-refractivity contribution in [2.45, 2.75) is 39.2 Å². The van der Waals surface area contributed by atoms with E-state index in [9.17, 15) is 14.4 Å². The number of para-hydroxylation sites is 1. The highest BCUT2D eigenvalue weighted by molar-refractivity contribution is 5.94. The molecular weight excluding hydrogens is 438 g/mol. The summed E-state index contributed by atoms with van der Waals surface area (Å²) in [6.45, 7) is 4.91. The second kappa shape index (κ2) is 11.2. The van der Waals surface area contributed by atoms with E-state index in [2.05, 4.69) is 10.6 Å². The van der Waals surface area contributed by atoms with Gasteiger partial charge in [-0.3, -0.25) is 14.4 Å². The highest BCUT2D eigenvalue weighted by Crippen LogP contribution is 2.22. The molecule has 1 aliphatic rings. The smallest absolute Gasteiger partial charge is 0.245 e. The molecule has 0 spiro atoms. The molecule has 0 unspecified atom stereocenters. The van der Waals surface area contributed by atoms with Crippen LogP contribution >= 0.6 is 0 Å². The molecule has 6 heteroatoms. The van der Waals surface area contributed by atoms with Gasteiger partial charge in [-0.1, -0.05) is 74.5 Å². The second-order valence-electron chi connectivity index (χ2n) is 9.56. The third-order valence-corrected chi connectivity index (χ3v) is 6.70. The van der Waals surface area contributed by atoms with E-state index in [0.717, 1.165) is 22.0 Å². The number of rotatable bonds is 7. The average molecular weight is 472 g/mol. The number of benzene rings is 3. The fourth-order valence-corrected chi connectivity index (χ4v) is 4.68. The molecule has 3 aromatic rings. The van der Waals surface area contributed by atoms with Crippen molar-refractivity contribution in [2.24, 2.45) is 11.8 Å². The lowest BCUT2D eigenvalue weighted by Gasteiger charge is -2.35. The van der Waals surface area contributed by atoms with Crippen molar-refractivity contribution in [1.29, 1.82) is 0 Å².